The van der Waals surface area contributed by atoms with E-state index in [0.717, 1.165) is 18.8 Å². The van der Waals surface area contributed by atoms with Gasteiger partial charge in [-0.2, -0.15) is 0 Å². The summed E-state index contributed by atoms with van der Waals surface area (Å²) in [5.41, 5.74) is 7.43. The second-order valence-corrected chi connectivity index (χ2v) is 9.10. The Hall–Kier alpha value is -3.34. The van der Waals surface area contributed by atoms with Gasteiger partial charge in [-0.25, -0.2) is 4.79 Å². The number of carbonyl (C=O) groups is 1. The van der Waals surface area contributed by atoms with Crippen molar-refractivity contribution in [1.82, 2.24) is 4.98 Å². The fourth-order valence-corrected chi connectivity index (χ4v) is 4.73. The zero-order chi connectivity index (χ0) is 22.1. The van der Waals surface area contributed by atoms with E-state index >= 15 is 0 Å². The summed E-state index contributed by atoms with van der Waals surface area (Å²) in [6.07, 6.45) is 9.19. The number of aromatic nitrogens is 1. The number of hydrogen-bond donors (Lipinski definition) is 2. The van der Waals surface area contributed by atoms with E-state index < -0.39 is 5.97 Å². The molecule has 0 unspecified atom stereocenters. The summed E-state index contributed by atoms with van der Waals surface area (Å²) in [6.45, 7) is 0.705. The highest BCUT2D eigenvalue weighted by molar-refractivity contribution is 5.93. The standard InChI is InChI=1S/C27H29N3O2/c1-30(22-8-4-19(5-9-22)14-18-2-3-18)23-10-11-24-20(15-23)6-7-21(24)16-29-26-17-28-13-12-25(26)27(31)32/h4-5,8-13,15,17-18,21,29H,2-3,6-7,14,16H2,1H3,(H,31,32)/t21-/m0/s1. The topological polar surface area (TPSA) is 65.5 Å². The van der Waals surface area contributed by atoms with Crippen molar-refractivity contribution in [3.63, 3.8) is 0 Å². The first-order chi connectivity index (χ1) is 15.6. The predicted molar refractivity (Wildman–Crippen MR) is 128 cm³/mol. The van der Waals surface area contributed by atoms with Crippen LogP contribution in [0.15, 0.2) is 60.9 Å². The molecule has 1 saturated carbocycles. The summed E-state index contributed by atoms with van der Waals surface area (Å²) < 4.78 is 0. The van der Waals surface area contributed by atoms with E-state index in [1.807, 2.05) is 0 Å². The quantitative estimate of drug-likeness (QED) is 0.487. The van der Waals surface area contributed by atoms with Crippen molar-refractivity contribution in [1.29, 1.82) is 0 Å². The predicted octanol–water partition coefficient (Wildman–Crippen LogP) is 5.64. The molecular weight excluding hydrogens is 398 g/mol. The first-order valence-corrected chi connectivity index (χ1v) is 11.4. The van der Waals surface area contributed by atoms with Crippen LogP contribution in [0.5, 0.6) is 0 Å². The van der Waals surface area contributed by atoms with Crippen molar-refractivity contribution in [3.8, 4) is 0 Å². The largest absolute Gasteiger partial charge is 0.478 e. The van der Waals surface area contributed by atoms with Crippen molar-refractivity contribution in [2.75, 3.05) is 23.8 Å². The maximum absolute atomic E-state index is 11.4. The molecule has 0 spiro atoms. The average Bonchev–Trinajstić information content (AvgIpc) is 3.54. The van der Waals surface area contributed by atoms with Crippen molar-refractivity contribution in [2.24, 2.45) is 5.92 Å². The van der Waals surface area contributed by atoms with Gasteiger partial charge in [0.15, 0.2) is 0 Å². The minimum absolute atomic E-state index is 0.262. The second kappa shape index (κ2) is 8.65. The van der Waals surface area contributed by atoms with Crippen LogP contribution in [0.25, 0.3) is 0 Å². The number of benzene rings is 2. The van der Waals surface area contributed by atoms with Crippen LogP contribution in [-0.2, 0) is 12.8 Å². The molecule has 0 radical (unpaired) electrons. The van der Waals surface area contributed by atoms with Crippen LogP contribution in [0, 0.1) is 5.92 Å². The molecule has 0 amide bonds. The molecule has 32 heavy (non-hydrogen) atoms. The Morgan fingerprint density at radius 1 is 1.09 bits per heavy atom. The highest BCUT2D eigenvalue weighted by Crippen LogP contribution is 2.37. The minimum Gasteiger partial charge on any atom is -0.478 e. The number of nitrogens with one attached hydrogen (secondary N) is 1. The lowest BCUT2D eigenvalue weighted by Gasteiger charge is -2.21. The van der Waals surface area contributed by atoms with Crippen LogP contribution in [0.1, 0.15) is 52.2 Å². The number of carboxylic acids is 1. The van der Waals surface area contributed by atoms with Crippen LogP contribution in [0.4, 0.5) is 17.1 Å². The van der Waals surface area contributed by atoms with Crippen molar-refractivity contribution in [3.05, 3.63) is 83.2 Å². The molecule has 5 rings (SSSR count). The Morgan fingerprint density at radius 2 is 1.88 bits per heavy atom. The number of hydrogen-bond acceptors (Lipinski definition) is 4. The maximum Gasteiger partial charge on any atom is 0.337 e. The van der Waals surface area contributed by atoms with Gasteiger partial charge in [-0.05, 0) is 85.0 Å². The zero-order valence-electron chi connectivity index (χ0n) is 18.4. The molecule has 1 fully saturated rings. The van der Waals surface area contributed by atoms with E-state index in [-0.39, 0.29) is 5.56 Å². The molecule has 0 bridgehead atoms. The summed E-state index contributed by atoms with van der Waals surface area (Å²) in [4.78, 5) is 17.7. The summed E-state index contributed by atoms with van der Waals surface area (Å²) >= 11 is 0. The van der Waals surface area contributed by atoms with E-state index in [4.69, 9.17) is 0 Å². The number of rotatable bonds is 8. The molecule has 164 valence electrons. The van der Waals surface area contributed by atoms with Gasteiger partial charge < -0.3 is 15.3 Å². The lowest BCUT2D eigenvalue weighted by Crippen LogP contribution is -2.13. The van der Waals surface area contributed by atoms with E-state index in [2.05, 4.69) is 64.7 Å². The summed E-state index contributed by atoms with van der Waals surface area (Å²) in [5.74, 6) is 0.342. The summed E-state index contributed by atoms with van der Waals surface area (Å²) in [6, 6.07) is 17.3. The molecule has 0 saturated heterocycles. The van der Waals surface area contributed by atoms with Gasteiger partial charge in [0.25, 0.3) is 0 Å². The van der Waals surface area contributed by atoms with Crippen molar-refractivity contribution < 1.29 is 9.90 Å². The van der Waals surface area contributed by atoms with E-state index in [9.17, 15) is 9.90 Å². The van der Waals surface area contributed by atoms with Crippen LogP contribution in [-0.4, -0.2) is 29.7 Å². The lowest BCUT2D eigenvalue weighted by molar-refractivity contribution is 0.0698. The molecule has 5 heteroatoms. The Kier molecular flexibility index (Phi) is 5.56. The van der Waals surface area contributed by atoms with Crippen molar-refractivity contribution >= 4 is 23.0 Å². The van der Waals surface area contributed by atoms with E-state index in [1.54, 1.807) is 6.20 Å². The first kappa shape index (κ1) is 20.6. The second-order valence-electron chi connectivity index (χ2n) is 9.10. The smallest absolute Gasteiger partial charge is 0.337 e. The number of aromatic carboxylic acids is 1. The lowest BCUT2D eigenvalue weighted by atomic mass is 10.0. The SMILES string of the molecule is CN(c1ccc(CC2CC2)cc1)c1ccc2c(c1)CC[C@H]2CNc1cnccc1C(=O)O. The molecule has 3 aromatic rings. The number of pyridine rings is 1. The molecular formula is C27H29N3O2. The number of nitrogens with zero attached hydrogens (tertiary/aromatic N) is 2. The molecule has 2 N–H and O–H groups in total. The number of carboxylic acid groups (broad SMARTS) is 1. The van der Waals surface area contributed by atoms with Crippen molar-refractivity contribution in [2.45, 2.75) is 38.0 Å². The third-order valence-electron chi connectivity index (χ3n) is 6.85. The van der Waals surface area contributed by atoms with Gasteiger partial charge in [-0.3, -0.25) is 4.98 Å². The van der Waals surface area contributed by atoms with Gasteiger partial charge in [0.05, 0.1) is 17.4 Å². The molecule has 0 aliphatic heterocycles. The first-order valence-electron chi connectivity index (χ1n) is 11.4. The third kappa shape index (κ3) is 4.33. The Balaban J connectivity index is 1.26. The van der Waals surface area contributed by atoms with Gasteiger partial charge in [-0.15, -0.1) is 0 Å². The van der Waals surface area contributed by atoms with E-state index in [0.29, 0.717) is 18.2 Å². The normalized spacial score (nSPS) is 17.1. The third-order valence-corrected chi connectivity index (χ3v) is 6.85. The molecule has 2 aliphatic rings. The number of aryl methyl sites for hydroxylation is 1. The van der Waals surface area contributed by atoms with Gasteiger partial charge >= 0.3 is 5.97 Å². The van der Waals surface area contributed by atoms with Crippen LogP contribution in [0.3, 0.4) is 0 Å². The molecule has 1 atom stereocenters. The Morgan fingerprint density at radius 3 is 2.62 bits per heavy atom. The number of anilines is 3. The molecule has 5 nitrogen and oxygen atoms in total. The molecule has 1 aromatic heterocycles. The van der Waals surface area contributed by atoms with E-state index in [1.165, 1.54) is 59.6 Å². The summed E-state index contributed by atoms with van der Waals surface area (Å²) in [5, 5.41) is 12.7. The van der Waals surface area contributed by atoms with Gasteiger partial charge in [0, 0.05) is 37.1 Å². The van der Waals surface area contributed by atoms with Gasteiger partial charge in [0.2, 0.25) is 0 Å². The summed E-state index contributed by atoms with van der Waals surface area (Å²) in [7, 11) is 2.13. The maximum atomic E-state index is 11.4. The van der Waals surface area contributed by atoms with Crippen LogP contribution >= 0.6 is 0 Å². The number of fused-ring (bicyclic) bond motifs is 1. The van der Waals surface area contributed by atoms with Gasteiger partial charge in [0.1, 0.15) is 0 Å². The van der Waals surface area contributed by atoms with Gasteiger partial charge in [-0.1, -0.05) is 18.2 Å². The fourth-order valence-electron chi connectivity index (χ4n) is 4.73. The Bertz CT molecular complexity index is 1120. The fraction of sp³-hybridized carbons (Fsp3) is 0.333. The zero-order valence-corrected chi connectivity index (χ0v) is 18.4. The highest BCUT2D eigenvalue weighted by Gasteiger charge is 2.24. The van der Waals surface area contributed by atoms with Crippen LogP contribution < -0.4 is 10.2 Å². The molecule has 2 aromatic carbocycles. The highest BCUT2D eigenvalue weighted by atomic mass is 16.4. The molecule has 1 heterocycles. The minimum atomic E-state index is -0.935. The average molecular weight is 428 g/mol. The molecule has 2 aliphatic carbocycles. The Labute approximate surface area is 189 Å². The van der Waals surface area contributed by atoms with Crippen LogP contribution in [0.2, 0.25) is 0 Å². The monoisotopic (exact) mass is 427 g/mol.